The summed E-state index contributed by atoms with van der Waals surface area (Å²) in [5.41, 5.74) is 0. The van der Waals surface area contributed by atoms with Gasteiger partial charge in [-0.1, -0.05) is 13.3 Å². The predicted molar refractivity (Wildman–Crippen MR) is 45.9 cm³/mol. The fourth-order valence-electron chi connectivity index (χ4n) is 0.782. The fraction of sp³-hybridized carbons (Fsp3) is 0.556. The number of ether oxygens (including phenoxy) is 1. The average Bonchev–Trinajstić information content (AvgIpc) is 2.01. The standard InChI is InChI=1S/C9H12O4/c1-3-4-7(2)13-9(12)6-5-8(10)11/h7H,3-4H2,1-2H3,(H,10,11). The highest BCUT2D eigenvalue weighted by Crippen LogP contribution is 2.00. The van der Waals surface area contributed by atoms with Crippen LogP contribution in [0, 0.1) is 11.8 Å². The maximum atomic E-state index is 10.8. The van der Waals surface area contributed by atoms with Crippen LogP contribution in [0.5, 0.6) is 0 Å². The summed E-state index contributed by atoms with van der Waals surface area (Å²) in [6.45, 7) is 3.71. The average molecular weight is 184 g/mol. The lowest BCUT2D eigenvalue weighted by molar-refractivity contribution is -0.141. The van der Waals surface area contributed by atoms with E-state index < -0.39 is 11.9 Å². The minimum absolute atomic E-state index is 0.208. The van der Waals surface area contributed by atoms with Crippen LogP contribution in [-0.2, 0) is 14.3 Å². The molecular weight excluding hydrogens is 172 g/mol. The number of rotatable bonds is 3. The summed E-state index contributed by atoms with van der Waals surface area (Å²) >= 11 is 0. The molecule has 1 atom stereocenters. The molecule has 1 N–H and O–H groups in total. The molecule has 0 amide bonds. The molecule has 0 rings (SSSR count). The van der Waals surface area contributed by atoms with Crippen molar-refractivity contribution in [2.75, 3.05) is 0 Å². The summed E-state index contributed by atoms with van der Waals surface area (Å²) in [5.74, 6) is 1.42. The smallest absolute Gasteiger partial charge is 0.385 e. The summed E-state index contributed by atoms with van der Waals surface area (Å²) in [4.78, 5) is 20.7. The van der Waals surface area contributed by atoms with E-state index in [2.05, 4.69) is 0 Å². The summed E-state index contributed by atoms with van der Waals surface area (Å²) in [7, 11) is 0. The van der Waals surface area contributed by atoms with Crippen molar-refractivity contribution < 1.29 is 19.4 Å². The normalized spacial score (nSPS) is 10.9. The number of aliphatic carboxylic acids is 1. The molecule has 0 saturated heterocycles. The molecule has 0 heterocycles. The first kappa shape index (κ1) is 11.5. The Morgan fingerprint density at radius 2 is 2.08 bits per heavy atom. The van der Waals surface area contributed by atoms with Crippen LogP contribution in [0.15, 0.2) is 0 Å². The first-order valence-electron chi connectivity index (χ1n) is 4.01. The van der Waals surface area contributed by atoms with E-state index in [1.54, 1.807) is 12.8 Å². The Bertz CT molecular complexity index is 246. The van der Waals surface area contributed by atoms with Gasteiger partial charge in [0, 0.05) is 11.8 Å². The number of hydrogen-bond donors (Lipinski definition) is 1. The summed E-state index contributed by atoms with van der Waals surface area (Å²) in [6.07, 6.45) is 1.45. The van der Waals surface area contributed by atoms with E-state index in [4.69, 9.17) is 9.84 Å². The van der Waals surface area contributed by atoms with Crippen molar-refractivity contribution in [1.29, 1.82) is 0 Å². The minimum Gasteiger partial charge on any atom is -0.472 e. The lowest BCUT2D eigenvalue weighted by Gasteiger charge is -2.08. The lowest BCUT2D eigenvalue weighted by Crippen LogP contribution is -2.13. The van der Waals surface area contributed by atoms with Crippen molar-refractivity contribution in [3.63, 3.8) is 0 Å². The van der Waals surface area contributed by atoms with Gasteiger partial charge < -0.3 is 9.84 Å². The molecule has 0 aromatic rings. The SMILES string of the molecule is CCCC(C)OC(=O)C#CC(=O)O. The maximum Gasteiger partial charge on any atom is 0.385 e. The first-order chi connectivity index (χ1) is 6.06. The molecule has 0 aromatic heterocycles. The van der Waals surface area contributed by atoms with Crippen molar-refractivity contribution in [3.05, 3.63) is 0 Å². The van der Waals surface area contributed by atoms with E-state index >= 15 is 0 Å². The number of carbonyl (C=O) groups is 2. The van der Waals surface area contributed by atoms with Crippen LogP contribution < -0.4 is 0 Å². The van der Waals surface area contributed by atoms with E-state index in [1.807, 2.05) is 12.8 Å². The molecule has 0 fully saturated rings. The van der Waals surface area contributed by atoms with Crippen LogP contribution in [0.3, 0.4) is 0 Å². The third kappa shape index (κ3) is 6.88. The largest absolute Gasteiger partial charge is 0.472 e. The van der Waals surface area contributed by atoms with Gasteiger partial charge in [-0.2, -0.15) is 0 Å². The molecule has 0 spiro atoms. The van der Waals surface area contributed by atoms with Crippen molar-refractivity contribution in [1.82, 2.24) is 0 Å². The second-order valence-electron chi connectivity index (χ2n) is 2.56. The predicted octanol–water partition coefficient (Wildman–Crippen LogP) is 0.806. The maximum absolute atomic E-state index is 10.8. The number of esters is 1. The Balaban J connectivity index is 3.89. The Morgan fingerprint density at radius 1 is 1.46 bits per heavy atom. The highest BCUT2D eigenvalue weighted by Gasteiger charge is 2.05. The molecule has 0 saturated carbocycles. The molecule has 0 bridgehead atoms. The highest BCUT2D eigenvalue weighted by molar-refractivity contribution is 5.97. The first-order valence-corrected chi connectivity index (χ1v) is 4.01. The van der Waals surface area contributed by atoms with Gasteiger partial charge in [0.15, 0.2) is 0 Å². The van der Waals surface area contributed by atoms with E-state index in [1.165, 1.54) is 0 Å². The zero-order chi connectivity index (χ0) is 10.3. The molecule has 0 aliphatic rings. The monoisotopic (exact) mass is 184 g/mol. The van der Waals surface area contributed by atoms with Crippen molar-refractivity contribution in [2.24, 2.45) is 0 Å². The molecule has 0 aliphatic carbocycles. The Kier molecular flexibility index (Phi) is 5.37. The number of carboxylic acid groups (broad SMARTS) is 1. The van der Waals surface area contributed by atoms with Gasteiger partial charge in [-0.15, -0.1) is 0 Å². The summed E-state index contributed by atoms with van der Waals surface area (Å²) in [5, 5.41) is 8.12. The molecule has 0 aliphatic heterocycles. The van der Waals surface area contributed by atoms with Crippen LogP contribution in [0.1, 0.15) is 26.7 Å². The number of carboxylic acids is 1. The Hall–Kier alpha value is -1.50. The van der Waals surface area contributed by atoms with Gasteiger partial charge in [0.2, 0.25) is 0 Å². The summed E-state index contributed by atoms with van der Waals surface area (Å²) < 4.78 is 4.77. The van der Waals surface area contributed by atoms with Gasteiger partial charge in [-0.25, -0.2) is 9.59 Å². The van der Waals surface area contributed by atoms with E-state index in [-0.39, 0.29) is 6.10 Å². The van der Waals surface area contributed by atoms with E-state index in [9.17, 15) is 9.59 Å². The molecule has 13 heavy (non-hydrogen) atoms. The second-order valence-corrected chi connectivity index (χ2v) is 2.56. The van der Waals surface area contributed by atoms with E-state index in [0.29, 0.717) is 0 Å². The van der Waals surface area contributed by atoms with Crippen LogP contribution >= 0.6 is 0 Å². The molecular formula is C9H12O4. The number of carbonyl (C=O) groups excluding carboxylic acids is 1. The van der Waals surface area contributed by atoms with Crippen LogP contribution in [0.2, 0.25) is 0 Å². The quantitative estimate of drug-likeness (QED) is 0.400. The molecule has 1 unspecified atom stereocenters. The van der Waals surface area contributed by atoms with Gasteiger partial charge in [0.25, 0.3) is 0 Å². The van der Waals surface area contributed by atoms with Crippen LogP contribution in [0.25, 0.3) is 0 Å². The third-order valence-corrected chi connectivity index (χ3v) is 1.27. The van der Waals surface area contributed by atoms with Gasteiger partial charge >= 0.3 is 11.9 Å². The zero-order valence-electron chi connectivity index (χ0n) is 7.66. The second kappa shape index (κ2) is 6.06. The molecule has 0 aromatic carbocycles. The molecule has 72 valence electrons. The van der Waals surface area contributed by atoms with Crippen LogP contribution in [-0.4, -0.2) is 23.1 Å². The van der Waals surface area contributed by atoms with E-state index in [0.717, 1.165) is 12.8 Å². The molecule has 4 heteroatoms. The lowest BCUT2D eigenvalue weighted by atomic mass is 10.2. The van der Waals surface area contributed by atoms with Gasteiger partial charge in [0.05, 0.1) is 6.10 Å². The van der Waals surface area contributed by atoms with Crippen molar-refractivity contribution in [2.45, 2.75) is 32.8 Å². The fourth-order valence-corrected chi connectivity index (χ4v) is 0.782. The van der Waals surface area contributed by atoms with Crippen LogP contribution in [0.4, 0.5) is 0 Å². The van der Waals surface area contributed by atoms with Gasteiger partial charge in [-0.3, -0.25) is 0 Å². The minimum atomic E-state index is -1.33. The Labute approximate surface area is 76.9 Å². The van der Waals surface area contributed by atoms with Crippen molar-refractivity contribution in [3.8, 4) is 11.8 Å². The number of hydrogen-bond acceptors (Lipinski definition) is 3. The van der Waals surface area contributed by atoms with Gasteiger partial charge in [0.1, 0.15) is 0 Å². The highest BCUT2D eigenvalue weighted by atomic mass is 16.5. The summed E-state index contributed by atoms with van der Waals surface area (Å²) in [6, 6.07) is 0. The van der Waals surface area contributed by atoms with Crippen molar-refractivity contribution >= 4 is 11.9 Å². The van der Waals surface area contributed by atoms with Gasteiger partial charge in [-0.05, 0) is 13.3 Å². The third-order valence-electron chi connectivity index (χ3n) is 1.27. The topological polar surface area (TPSA) is 63.6 Å². The molecule has 0 radical (unpaired) electrons. The zero-order valence-corrected chi connectivity index (χ0v) is 7.66. The Morgan fingerprint density at radius 3 is 2.54 bits per heavy atom. The molecule has 4 nitrogen and oxygen atoms in total.